The Morgan fingerprint density at radius 1 is 1.00 bits per heavy atom. The third kappa shape index (κ3) is 3.87. The lowest BCUT2D eigenvalue weighted by atomic mass is 9.84. The molecule has 7 heteroatoms. The second-order valence-electron chi connectivity index (χ2n) is 8.45. The highest BCUT2D eigenvalue weighted by Gasteiger charge is 2.37. The van der Waals surface area contributed by atoms with E-state index in [1.54, 1.807) is 43.0 Å². The van der Waals surface area contributed by atoms with E-state index in [1.807, 2.05) is 30.0 Å². The van der Waals surface area contributed by atoms with Crippen LogP contribution in [-0.4, -0.2) is 38.6 Å². The SMILES string of the molecule is CCS(=O)(=O)c1ccc(-c2ccc3c(c2)N(C(=O)C2CCC2)CC(C)N3C(C)=O)cc1. The van der Waals surface area contributed by atoms with Gasteiger partial charge in [0.1, 0.15) is 0 Å². The molecule has 0 radical (unpaired) electrons. The zero-order chi connectivity index (χ0) is 22.3. The molecule has 4 rings (SSSR count). The molecule has 1 fully saturated rings. The third-order valence-corrected chi connectivity index (χ3v) is 8.15. The number of benzene rings is 2. The van der Waals surface area contributed by atoms with Crippen molar-refractivity contribution < 1.29 is 18.0 Å². The summed E-state index contributed by atoms with van der Waals surface area (Å²) in [4.78, 5) is 29.4. The molecule has 2 aromatic rings. The molecule has 31 heavy (non-hydrogen) atoms. The largest absolute Gasteiger partial charge is 0.308 e. The molecule has 1 aliphatic heterocycles. The number of fused-ring (bicyclic) bond motifs is 1. The highest BCUT2D eigenvalue weighted by Crippen LogP contribution is 2.41. The molecule has 1 unspecified atom stereocenters. The summed E-state index contributed by atoms with van der Waals surface area (Å²) in [5, 5.41) is 0. The smallest absolute Gasteiger partial charge is 0.230 e. The lowest BCUT2D eigenvalue weighted by molar-refractivity contribution is -0.125. The summed E-state index contributed by atoms with van der Waals surface area (Å²) in [6.45, 7) is 5.61. The molecule has 1 heterocycles. The van der Waals surface area contributed by atoms with Gasteiger partial charge in [0, 0.05) is 19.4 Å². The van der Waals surface area contributed by atoms with Crippen LogP contribution in [0.25, 0.3) is 11.1 Å². The molecule has 6 nitrogen and oxygen atoms in total. The number of amides is 2. The molecule has 1 atom stereocenters. The van der Waals surface area contributed by atoms with Gasteiger partial charge in [0.2, 0.25) is 11.8 Å². The van der Waals surface area contributed by atoms with Crippen molar-refractivity contribution in [2.75, 3.05) is 22.1 Å². The van der Waals surface area contributed by atoms with Gasteiger partial charge in [0.05, 0.1) is 28.1 Å². The minimum absolute atomic E-state index is 0.0497. The van der Waals surface area contributed by atoms with Crippen molar-refractivity contribution in [2.24, 2.45) is 5.92 Å². The van der Waals surface area contributed by atoms with Gasteiger partial charge in [-0.05, 0) is 55.2 Å². The van der Waals surface area contributed by atoms with Crippen LogP contribution in [0.5, 0.6) is 0 Å². The van der Waals surface area contributed by atoms with Gasteiger partial charge in [-0.2, -0.15) is 0 Å². The van der Waals surface area contributed by atoms with Crippen LogP contribution >= 0.6 is 0 Å². The number of hydrogen-bond donors (Lipinski definition) is 0. The number of hydrogen-bond acceptors (Lipinski definition) is 4. The molecule has 0 N–H and O–H groups in total. The molecular formula is C24H28N2O4S. The van der Waals surface area contributed by atoms with Crippen LogP contribution in [0.4, 0.5) is 11.4 Å². The first-order valence-corrected chi connectivity index (χ1v) is 12.5. The fourth-order valence-electron chi connectivity index (χ4n) is 4.39. The molecule has 1 saturated carbocycles. The summed E-state index contributed by atoms with van der Waals surface area (Å²) in [5.41, 5.74) is 3.23. The Balaban J connectivity index is 1.76. The van der Waals surface area contributed by atoms with E-state index in [0.717, 1.165) is 41.8 Å². The number of nitrogens with zero attached hydrogens (tertiary/aromatic N) is 2. The van der Waals surface area contributed by atoms with Crippen LogP contribution in [-0.2, 0) is 19.4 Å². The van der Waals surface area contributed by atoms with Gasteiger partial charge >= 0.3 is 0 Å². The van der Waals surface area contributed by atoms with E-state index in [4.69, 9.17) is 0 Å². The third-order valence-electron chi connectivity index (χ3n) is 6.40. The average Bonchev–Trinajstić information content (AvgIpc) is 2.71. The Morgan fingerprint density at radius 3 is 2.19 bits per heavy atom. The van der Waals surface area contributed by atoms with Crippen molar-refractivity contribution in [1.29, 1.82) is 0 Å². The van der Waals surface area contributed by atoms with Crippen LogP contribution in [0.2, 0.25) is 0 Å². The van der Waals surface area contributed by atoms with Crippen LogP contribution in [0.3, 0.4) is 0 Å². The summed E-state index contributed by atoms with van der Waals surface area (Å²) in [7, 11) is -3.26. The Bertz CT molecular complexity index is 1120. The zero-order valence-corrected chi connectivity index (χ0v) is 19.0. The Morgan fingerprint density at radius 2 is 1.65 bits per heavy atom. The standard InChI is InChI=1S/C24H28N2O4S/c1-4-31(29,30)21-11-8-18(9-12-21)20-10-13-22-23(14-20)25(24(28)19-6-5-7-19)15-16(2)26(22)17(3)27/h8-14,16,19H,4-7,15H2,1-3H3. The summed E-state index contributed by atoms with van der Waals surface area (Å²) >= 11 is 0. The number of sulfone groups is 1. The maximum absolute atomic E-state index is 13.2. The van der Waals surface area contributed by atoms with Gasteiger partial charge in [-0.15, -0.1) is 0 Å². The molecule has 0 saturated heterocycles. The molecular weight excluding hydrogens is 412 g/mol. The highest BCUT2D eigenvalue weighted by atomic mass is 32.2. The predicted molar refractivity (Wildman–Crippen MR) is 122 cm³/mol. The minimum Gasteiger partial charge on any atom is -0.308 e. The van der Waals surface area contributed by atoms with Gasteiger partial charge in [-0.25, -0.2) is 8.42 Å². The molecule has 2 aliphatic rings. The van der Waals surface area contributed by atoms with E-state index in [9.17, 15) is 18.0 Å². The van der Waals surface area contributed by atoms with Crippen molar-refractivity contribution in [3.05, 3.63) is 42.5 Å². The van der Waals surface area contributed by atoms with Gasteiger partial charge in [-0.3, -0.25) is 9.59 Å². The fraction of sp³-hybridized carbons (Fsp3) is 0.417. The van der Waals surface area contributed by atoms with Crippen molar-refractivity contribution >= 4 is 33.0 Å². The number of carbonyl (C=O) groups excluding carboxylic acids is 2. The molecule has 0 bridgehead atoms. The second kappa shape index (κ2) is 8.11. The number of anilines is 2. The van der Waals surface area contributed by atoms with Crippen molar-refractivity contribution in [2.45, 2.75) is 51.0 Å². The second-order valence-corrected chi connectivity index (χ2v) is 10.7. The van der Waals surface area contributed by atoms with Crippen LogP contribution in [0.15, 0.2) is 47.4 Å². The topological polar surface area (TPSA) is 74.8 Å². The Labute approximate surface area is 183 Å². The quantitative estimate of drug-likeness (QED) is 0.719. The van der Waals surface area contributed by atoms with E-state index in [1.165, 1.54) is 0 Å². The summed E-state index contributed by atoms with van der Waals surface area (Å²) in [5.74, 6) is 0.198. The summed E-state index contributed by atoms with van der Waals surface area (Å²) in [6, 6.07) is 12.5. The zero-order valence-electron chi connectivity index (χ0n) is 18.2. The van der Waals surface area contributed by atoms with E-state index in [-0.39, 0.29) is 29.5 Å². The first-order valence-electron chi connectivity index (χ1n) is 10.8. The number of rotatable bonds is 4. The normalized spacial score (nSPS) is 19.0. The average molecular weight is 441 g/mol. The molecule has 2 amide bonds. The first kappa shape index (κ1) is 21.6. The van der Waals surface area contributed by atoms with Crippen LogP contribution in [0, 0.1) is 5.92 Å². The van der Waals surface area contributed by atoms with Crippen molar-refractivity contribution in [1.82, 2.24) is 0 Å². The maximum atomic E-state index is 13.2. The Hall–Kier alpha value is -2.67. The molecule has 0 spiro atoms. The minimum atomic E-state index is -3.26. The molecule has 0 aromatic heterocycles. The molecule has 1 aliphatic carbocycles. The lowest BCUT2D eigenvalue weighted by Gasteiger charge is -2.43. The van der Waals surface area contributed by atoms with E-state index >= 15 is 0 Å². The van der Waals surface area contributed by atoms with Gasteiger partial charge in [0.25, 0.3) is 0 Å². The lowest BCUT2D eigenvalue weighted by Crippen LogP contribution is -2.53. The highest BCUT2D eigenvalue weighted by molar-refractivity contribution is 7.91. The monoisotopic (exact) mass is 440 g/mol. The van der Waals surface area contributed by atoms with E-state index in [0.29, 0.717) is 11.4 Å². The van der Waals surface area contributed by atoms with Gasteiger partial charge < -0.3 is 9.80 Å². The van der Waals surface area contributed by atoms with E-state index in [2.05, 4.69) is 0 Å². The summed E-state index contributed by atoms with van der Waals surface area (Å²) < 4.78 is 24.2. The first-order chi connectivity index (χ1) is 14.7. The Kier molecular flexibility index (Phi) is 5.64. The predicted octanol–water partition coefficient (Wildman–Crippen LogP) is 4.04. The van der Waals surface area contributed by atoms with Crippen molar-refractivity contribution in [3.63, 3.8) is 0 Å². The van der Waals surface area contributed by atoms with Gasteiger partial charge in [0.15, 0.2) is 9.84 Å². The maximum Gasteiger partial charge on any atom is 0.230 e. The fourth-order valence-corrected chi connectivity index (χ4v) is 5.27. The summed E-state index contributed by atoms with van der Waals surface area (Å²) in [6.07, 6.45) is 2.92. The van der Waals surface area contributed by atoms with Gasteiger partial charge in [-0.1, -0.05) is 31.5 Å². The molecule has 2 aromatic carbocycles. The number of carbonyl (C=O) groups is 2. The van der Waals surface area contributed by atoms with Crippen molar-refractivity contribution in [3.8, 4) is 11.1 Å². The van der Waals surface area contributed by atoms with E-state index < -0.39 is 9.84 Å². The molecule has 164 valence electrons. The van der Waals surface area contributed by atoms with Crippen LogP contribution in [0.1, 0.15) is 40.0 Å². The van der Waals surface area contributed by atoms with Crippen LogP contribution < -0.4 is 9.80 Å².